The molecule has 17 heavy (non-hydrogen) atoms. The van der Waals surface area contributed by atoms with Gasteiger partial charge in [-0.25, -0.2) is 0 Å². The average Bonchev–Trinajstić information content (AvgIpc) is 2.26. The number of rotatable bonds is 5. The Morgan fingerprint density at radius 1 is 1.24 bits per heavy atom. The lowest BCUT2D eigenvalue weighted by Crippen LogP contribution is -2.22. The summed E-state index contributed by atoms with van der Waals surface area (Å²) in [5.41, 5.74) is 5.10. The highest BCUT2D eigenvalue weighted by Crippen LogP contribution is 2.29. The van der Waals surface area contributed by atoms with Crippen LogP contribution >= 0.6 is 0 Å². The molecule has 0 spiro atoms. The van der Waals surface area contributed by atoms with Crippen LogP contribution < -0.4 is 11.1 Å². The molecule has 1 unspecified atom stereocenters. The number of aliphatic hydroxyl groups is 1. The third kappa shape index (κ3) is 4.62. The molecule has 0 heterocycles. The van der Waals surface area contributed by atoms with Gasteiger partial charge in [0, 0.05) is 12.2 Å². The van der Waals surface area contributed by atoms with E-state index in [1.165, 1.54) is 12.1 Å². The van der Waals surface area contributed by atoms with Gasteiger partial charge in [-0.2, -0.15) is 13.2 Å². The minimum absolute atomic E-state index is 0.266. The summed E-state index contributed by atoms with van der Waals surface area (Å²) in [6.45, 7) is 0.637. The Morgan fingerprint density at radius 3 is 2.29 bits per heavy atom. The van der Waals surface area contributed by atoms with Gasteiger partial charge in [0.15, 0.2) is 0 Å². The number of anilines is 1. The van der Waals surface area contributed by atoms with Gasteiger partial charge in [-0.3, -0.25) is 0 Å². The van der Waals surface area contributed by atoms with Crippen LogP contribution in [0.1, 0.15) is 12.0 Å². The second kappa shape index (κ2) is 5.88. The molecule has 0 aliphatic carbocycles. The highest BCUT2D eigenvalue weighted by Gasteiger charge is 2.29. The molecule has 6 heteroatoms. The Hall–Kier alpha value is -1.27. The fourth-order valence-electron chi connectivity index (χ4n) is 1.31. The largest absolute Gasteiger partial charge is 0.416 e. The highest BCUT2D eigenvalue weighted by atomic mass is 19.4. The van der Waals surface area contributed by atoms with Crippen LogP contribution in [0.5, 0.6) is 0 Å². The molecular weight excluding hydrogens is 233 g/mol. The lowest BCUT2D eigenvalue weighted by Gasteiger charge is -2.12. The Balaban J connectivity index is 2.51. The lowest BCUT2D eigenvalue weighted by molar-refractivity contribution is -0.137. The number of hydrogen-bond donors (Lipinski definition) is 3. The molecule has 0 aromatic heterocycles. The predicted octanol–water partition coefficient (Wildman–Crippen LogP) is 1.83. The average molecular weight is 248 g/mol. The van der Waals surface area contributed by atoms with Crippen LogP contribution in [0, 0.1) is 0 Å². The molecule has 0 saturated heterocycles. The quantitative estimate of drug-likeness (QED) is 0.745. The van der Waals surface area contributed by atoms with E-state index >= 15 is 0 Å². The minimum atomic E-state index is -4.32. The molecule has 0 amide bonds. The number of aliphatic hydroxyl groups excluding tert-OH is 1. The summed E-state index contributed by atoms with van der Waals surface area (Å²) in [6, 6.07) is 4.66. The Morgan fingerprint density at radius 2 is 1.82 bits per heavy atom. The SMILES string of the molecule is NCCC(O)CNc1ccc(C(F)(F)F)cc1. The zero-order valence-corrected chi connectivity index (χ0v) is 9.17. The summed E-state index contributed by atoms with van der Waals surface area (Å²) in [5.74, 6) is 0. The van der Waals surface area contributed by atoms with Gasteiger partial charge in [0.05, 0.1) is 11.7 Å². The van der Waals surface area contributed by atoms with Gasteiger partial charge in [0.1, 0.15) is 0 Å². The van der Waals surface area contributed by atoms with Crippen molar-refractivity contribution in [2.45, 2.75) is 18.7 Å². The van der Waals surface area contributed by atoms with Crippen molar-refractivity contribution in [2.75, 3.05) is 18.4 Å². The van der Waals surface area contributed by atoms with E-state index in [-0.39, 0.29) is 6.54 Å². The summed E-state index contributed by atoms with van der Waals surface area (Å²) in [7, 11) is 0. The number of nitrogens with one attached hydrogen (secondary N) is 1. The van der Waals surface area contributed by atoms with E-state index in [0.29, 0.717) is 18.7 Å². The maximum atomic E-state index is 12.3. The predicted molar refractivity (Wildman–Crippen MR) is 59.6 cm³/mol. The van der Waals surface area contributed by atoms with Crippen molar-refractivity contribution >= 4 is 5.69 Å². The van der Waals surface area contributed by atoms with Crippen LogP contribution in [0.3, 0.4) is 0 Å². The van der Waals surface area contributed by atoms with Gasteiger partial charge in [0.2, 0.25) is 0 Å². The van der Waals surface area contributed by atoms with Crippen molar-refractivity contribution in [3.8, 4) is 0 Å². The molecule has 1 aromatic carbocycles. The van der Waals surface area contributed by atoms with Crippen molar-refractivity contribution < 1.29 is 18.3 Å². The monoisotopic (exact) mass is 248 g/mol. The normalized spacial score (nSPS) is 13.5. The number of benzene rings is 1. The summed E-state index contributed by atoms with van der Waals surface area (Å²) in [4.78, 5) is 0. The summed E-state index contributed by atoms with van der Waals surface area (Å²) in [5, 5.41) is 12.2. The zero-order chi connectivity index (χ0) is 12.9. The Kier molecular flexibility index (Phi) is 4.77. The van der Waals surface area contributed by atoms with Crippen LogP contribution in [0.25, 0.3) is 0 Å². The molecule has 1 aromatic rings. The first kappa shape index (κ1) is 13.8. The molecule has 0 saturated carbocycles. The fraction of sp³-hybridized carbons (Fsp3) is 0.455. The second-order valence-corrected chi connectivity index (χ2v) is 3.69. The summed E-state index contributed by atoms with van der Waals surface area (Å²) < 4.78 is 36.8. The molecule has 0 aliphatic rings. The van der Waals surface area contributed by atoms with Crippen molar-refractivity contribution in [1.29, 1.82) is 0 Å². The van der Waals surface area contributed by atoms with E-state index in [2.05, 4.69) is 5.32 Å². The molecule has 3 nitrogen and oxygen atoms in total. The first-order valence-electron chi connectivity index (χ1n) is 5.22. The number of alkyl halides is 3. The summed E-state index contributed by atoms with van der Waals surface area (Å²) >= 11 is 0. The van der Waals surface area contributed by atoms with Gasteiger partial charge in [-0.1, -0.05) is 0 Å². The Bertz CT molecular complexity index is 338. The molecule has 4 N–H and O–H groups in total. The minimum Gasteiger partial charge on any atom is -0.391 e. The van der Waals surface area contributed by atoms with E-state index in [1.807, 2.05) is 0 Å². The number of nitrogens with two attached hydrogens (primary N) is 1. The molecular formula is C11H15F3N2O. The van der Waals surface area contributed by atoms with Crippen LogP contribution in [0.15, 0.2) is 24.3 Å². The highest BCUT2D eigenvalue weighted by molar-refractivity contribution is 5.45. The molecule has 96 valence electrons. The van der Waals surface area contributed by atoms with Gasteiger partial charge in [-0.15, -0.1) is 0 Å². The third-order valence-corrected chi connectivity index (χ3v) is 2.25. The van der Waals surface area contributed by atoms with Crippen LogP contribution in [0.2, 0.25) is 0 Å². The van der Waals surface area contributed by atoms with Gasteiger partial charge < -0.3 is 16.2 Å². The maximum absolute atomic E-state index is 12.3. The van der Waals surface area contributed by atoms with Gasteiger partial charge in [0.25, 0.3) is 0 Å². The van der Waals surface area contributed by atoms with Crippen molar-refractivity contribution in [3.05, 3.63) is 29.8 Å². The molecule has 0 fully saturated rings. The molecule has 0 radical (unpaired) electrons. The first-order chi connectivity index (χ1) is 7.93. The third-order valence-electron chi connectivity index (χ3n) is 2.25. The lowest BCUT2D eigenvalue weighted by atomic mass is 10.2. The Labute approximate surface area is 97.4 Å². The van der Waals surface area contributed by atoms with E-state index < -0.39 is 17.8 Å². The van der Waals surface area contributed by atoms with Crippen molar-refractivity contribution in [1.82, 2.24) is 0 Å². The van der Waals surface area contributed by atoms with E-state index in [4.69, 9.17) is 5.73 Å². The zero-order valence-electron chi connectivity index (χ0n) is 9.17. The molecule has 0 aliphatic heterocycles. The van der Waals surface area contributed by atoms with Gasteiger partial charge in [-0.05, 0) is 37.2 Å². The number of halogens is 3. The van der Waals surface area contributed by atoms with Crippen molar-refractivity contribution in [2.24, 2.45) is 5.73 Å². The van der Waals surface area contributed by atoms with Gasteiger partial charge >= 0.3 is 6.18 Å². The standard InChI is InChI=1S/C11H15F3N2O/c12-11(13,14)8-1-3-9(4-2-8)16-7-10(17)5-6-15/h1-4,10,16-17H,5-7,15H2. The van der Waals surface area contributed by atoms with Crippen LogP contribution in [-0.4, -0.2) is 24.3 Å². The van der Waals surface area contributed by atoms with E-state index in [1.54, 1.807) is 0 Å². The summed E-state index contributed by atoms with van der Waals surface area (Å²) in [6.07, 6.45) is -4.46. The second-order valence-electron chi connectivity index (χ2n) is 3.69. The fourth-order valence-corrected chi connectivity index (χ4v) is 1.31. The number of hydrogen-bond acceptors (Lipinski definition) is 3. The topological polar surface area (TPSA) is 58.3 Å². The van der Waals surface area contributed by atoms with E-state index in [0.717, 1.165) is 12.1 Å². The first-order valence-corrected chi connectivity index (χ1v) is 5.22. The molecule has 1 atom stereocenters. The van der Waals surface area contributed by atoms with Crippen LogP contribution in [0.4, 0.5) is 18.9 Å². The smallest absolute Gasteiger partial charge is 0.391 e. The van der Waals surface area contributed by atoms with Crippen LogP contribution in [-0.2, 0) is 6.18 Å². The maximum Gasteiger partial charge on any atom is 0.416 e. The molecule has 1 rings (SSSR count). The molecule has 0 bridgehead atoms. The van der Waals surface area contributed by atoms with Crippen molar-refractivity contribution in [3.63, 3.8) is 0 Å². The van der Waals surface area contributed by atoms with E-state index in [9.17, 15) is 18.3 Å².